The summed E-state index contributed by atoms with van der Waals surface area (Å²) in [6.45, 7) is 3.56. The summed E-state index contributed by atoms with van der Waals surface area (Å²) in [5.41, 5.74) is 0. The largest absolute Gasteiger partial charge is 0.393 e. The van der Waals surface area contributed by atoms with Crippen LogP contribution in [0.3, 0.4) is 0 Å². The molecule has 0 aromatic carbocycles. The summed E-state index contributed by atoms with van der Waals surface area (Å²) in [7, 11) is 0. The number of hydrogen-bond donors (Lipinski definition) is 2. The third-order valence-electron chi connectivity index (χ3n) is 2.06. The van der Waals surface area contributed by atoms with E-state index in [1.165, 1.54) is 0 Å². The van der Waals surface area contributed by atoms with Gasteiger partial charge in [0.2, 0.25) is 0 Å². The minimum absolute atomic E-state index is 0.0804. The molecule has 1 saturated heterocycles. The van der Waals surface area contributed by atoms with Gasteiger partial charge in [-0.05, 0) is 25.8 Å². The molecular weight excluding hydrogens is 162 g/mol. The highest BCUT2D eigenvalue weighted by atomic mass is 32.1. The molecule has 0 atom stereocenters. The Hall–Kier alpha value is 0.230. The maximum absolute atomic E-state index is 9.18. The van der Waals surface area contributed by atoms with Gasteiger partial charge in [-0.25, -0.2) is 0 Å². The van der Waals surface area contributed by atoms with Crippen LogP contribution in [0.15, 0.2) is 0 Å². The summed E-state index contributed by atoms with van der Waals surface area (Å²) in [4.78, 5) is 2.28. The van der Waals surface area contributed by atoms with Gasteiger partial charge in [-0.1, -0.05) is 0 Å². The first-order valence-corrected chi connectivity index (χ1v) is 4.36. The van der Waals surface area contributed by atoms with E-state index in [4.69, 9.17) is 0 Å². The van der Waals surface area contributed by atoms with E-state index in [1.54, 1.807) is 0 Å². The fourth-order valence-corrected chi connectivity index (χ4v) is 1.39. The van der Waals surface area contributed by atoms with E-state index in [9.17, 15) is 5.11 Å². The van der Waals surface area contributed by atoms with E-state index in [1.807, 2.05) is 0 Å². The first kappa shape index (κ1) is 9.32. The van der Waals surface area contributed by atoms with Crippen LogP contribution in [0.4, 0.5) is 0 Å². The smallest absolute Gasteiger partial charge is 0.0737 e. The predicted molar refractivity (Wildman–Crippen MR) is 46.6 cm³/mol. The average Bonchev–Trinajstić information content (AvgIpc) is 2.04. The summed E-state index contributed by atoms with van der Waals surface area (Å²) >= 11 is 3.66. The number of rotatable bonds is 3. The van der Waals surface area contributed by atoms with E-state index in [0.29, 0.717) is 6.61 Å². The molecule has 1 aliphatic heterocycles. The highest BCUT2D eigenvalue weighted by Gasteiger charge is 2.15. The van der Waals surface area contributed by atoms with Gasteiger partial charge >= 0.3 is 0 Å². The Morgan fingerprint density at radius 3 is 2.64 bits per heavy atom. The molecule has 0 unspecified atom stereocenters. The highest BCUT2D eigenvalue weighted by Crippen LogP contribution is 2.08. The summed E-state index contributed by atoms with van der Waals surface area (Å²) in [5, 5.41) is 9.18. The lowest BCUT2D eigenvalue weighted by atomic mass is 10.1. The Bertz CT molecular complexity index is 102. The molecular formula is C7H15NO2S. The molecule has 4 heteroatoms. The predicted octanol–water partition coefficient (Wildman–Crippen LogP) is 0.305. The third kappa shape index (κ3) is 3.42. The van der Waals surface area contributed by atoms with Crippen molar-refractivity contribution >= 4 is 12.9 Å². The molecule has 1 aliphatic rings. The lowest BCUT2D eigenvalue weighted by Crippen LogP contribution is -2.37. The number of likely N-dealkylation sites (tertiary alicyclic amines) is 1. The minimum Gasteiger partial charge on any atom is -0.393 e. The summed E-state index contributed by atoms with van der Waals surface area (Å²) in [6, 6.07) is 0. The van der Waals surface area contributed by atoms with Crippen LogP contribution in [-0.2, 0) is 4.18 Å². The molecule has 0 radical (unpaired) electrons. The van der Waals surface area contributed by atoms with E-state index in [0.717, 1.165) is 32.5 Å². The molecule has 0 amide bonds. The van der Waals surface area contributed by atoms with Crippen molar-refractivity contribution in [1.82, 2.24) is 4.90 Å². The van der Waals surface area contributed by atoms with Gasteiger partial charge in [-0.15, -0.1) is 0 Å². The van der Waals surface area contributed by atoms with Gasteiger partial charge in [-0.3, -0.25) is 0 Å². The number of piperidine rings is 1. The molecule has 1 heterocycles. The van der Waals surface area contributed by atoms with Crippen LogP contribution in [0.2, 0.25) is 0 Å². The normalized spacial score (nSPS) is 22.4. The molecule has 1 fully saturated rings. The number of thiol groups is 1. The van der Waals surface area contributed by atoms with Crippen LogP contribution in [0.25, 0.3) is 0 Å². The lowest BCUT2D eigenvalue weighted by Gasteiger charge is -2.28. The second kappa shape index (κ2) is 4.98. The molecule has 0 spiro atoms. The Morgan fingerprint density at radius 1 is 1.45 bits per heavy atom. The number of aliphatic hydroxyl groups is 1. The van der Waals surface area contributed by atoms with Crippen LogP contribution >= 0.6 is 12.9 Å². The van der Waals surface area contributed by atoms with Gasteiger partial charge in [0.25, 0.3) is 0 Å². The van der Waals surface area contributed by atoms with Crippen molar-refractivity contribution in [3.8, 4) is 0 Å². The Balaban J connectivity index is 2.07. The lowest BCUT2D eigenvalue weighted by molar-refractivity contribution is 0.0772. The monoisotopic (exact) mass is 177 g/mol. The number of hydrogen-bond acceptors (Lipinski definition) is 4. The first-order chi connectivity index (χ1) is 5.33. The molecule has 66 valence electrons. The van der Waals surface area contributed by atoms with Crippen molar-refractivity contribution in [2.45, 2.75) is 18.9 Å². The maximum Gasteiger partial charge on any atom is 0.0737 e. The quantitative estimate of drug-likeness (QED) is 0.480. The Labute approximate surface area is 73.0 Å². The fraction of sp³-hybridized carbons (Fsp3) is 1.00. The van der Waals surface area contributed by atoms with Crippen LogP contribution in [0.1, 0.15) is 12.8 Å². The highest BCUT2D eigenvalue weighted by molar-refractivity contribution is 7.75. The van der Waals surface area contributed by atoms with Gasteiger partial charge in [0, 0.05) is 19.6 Å². The van der Waals surface area contributed by atoms with E-state index in [2.05, 4.69) is 22.0 Å². The number of nitrogens with zero attached hydrogens (tertiary/aromatic N) is 1. The number of aliphatic hydroxyl groups excluding tert-OH is 1. The van der Waals surface area contributed by atoms with Crippen molar-refractivity contribution < 1.29 is 9.29 Å². The molecule has 1 rings (SSSR count). The third-order valence-corrected chi connectivity index (χ3v) is 2.24. The average molecular weight is 177 g/mol. The maximum atomic E-state index is 9.18. The molecule has 0 aromatic rings. The van der Waals surface area contributed by atoms with Gasteiger partial charge in [0.15, 0.2) is 0 Å². The Kier molecular flexibility index (Phi) is 4.22. The molecule has 0 aliphatic carbocycles. The van der Waals surface area contributed by atoms with Gasteiger partial charge in [0.05, 0.1) is 12.7 Å². The molecule has 11 heavy (non-hydrogen) atoms. The summed E-state index contributed by atoms with van der Waals surface area (Å²) in [5.74, 6) is 0. The van der Waals surface area contributed by atoms with Crippen molar-refractivity contribution in [3.63, 3.8) is 0 Å². The molecule has 0 saturated carbocycles. The van der Waals surface area contributed by atoms with Crippen LogP contribution < -0.4 is 0 Å². The van der Waals surface area contributed by atoms with Crippen molar-refractivity contribution in [2.24, 2.45) is 0 Å². The van der Waals surface area contributed by atoms with E-state index in [-0.39, 0.29) is 6.10 Å². The SMILES string of the molecule is OC1CCN(CCOS)CC1. The van der Waals surface area contributed by atoms with Gasteiger partial charge in [-0.2, -0.15) is 0 Å². The zero-order valence-corrected chi connectivity index (χ0v) is 7.46. The molecule has 0 aromatic heterocycles. The van der Waals surface area contributed by atoms with Crippen LogP contribution in [0, 0.1) is 0 Å². The molecule has 3 nitrogen and oxygen atoms in total. The fourth-order valence-electron chi connectivity index (χ4n) is 1.31. The van der Waals surface area contributed by atoms with E-state index < -0.39 is 0 Å². The standard InChI is InChI=1S/C7H15NO2S/c9-7-1-3-8(4-2-7)5-6-10-11/h7,9,11H,1-6H2. The Morgan fingerprint density at radius 2 is 2.09 bits per heavy atom. The zero-order chi connectivity index (χ0) is 8.10. The van der Waals surface area contributed by atoms with Crippen molar-refractivity contribution in [2.75, 3.05) is 26.2 Å². The van der Waals surface area contributed by atoms with Crippen LogP contribution in [-0.4, -0.2) is 42.4 Å². The van der Waals surface area contributed by atoms with Gasteiger partial charge in [0.1, 0.15) is 0 Å². The molecule has 0 bridgehead atoms. The summed E-state index contributed by atoms with van der Waals surface area (Å²) in [6.07, 6.45) is 1.71. The zero-order valence-electron chi connectivity index (χ0n) is 6.57. The first-order valence-electron chi connectivity index (χ1n) is 3.99. The van der Waals surface area contributed by atoms with Gasteiger partial charge < -0.3 is 14.2 Å². The molecule has 1 N–H and O–H groups in total. The van der Waals surface area contributed by atoms with Crippen LogP contribution in [0.5, 0.6) is 0 Å². The van der Waals surface area contributed by atoms with Crippen molar-refractivity contribution in [1.29, 1.82) is 0 Å². The second-order valence-electron chi connectivity index (χ2n) is 2.91. The second-order valence-corrected chi connectivity index (χ2v) is 3.16. The minimum atomic E-state index is -0.0804. The topological polar surface area (TPSA) is 32.7 Å². The van der Waals surface area contributed by atoms with Crippen molar-refractivity contribution in [3.05, 3.63) is 0 Å². The summed E-state index contributed by atoms with van der Waals surface area (Å²) < 4.78 is 4.66. The van der Waals surface area contributed by atoms with E-state index >= 15 is 0 Å².